The van der Waals surface area contributed by atoms with Gasteiger partial charge in [0.1, 0.15) is 6.17 Å². The molecule has 0 radical (unpaired) electrons. The van der Waals surface area contributed by atoms with Crippen molar-refractivity contribution in [3.63, 3.8) is 0 Å². The topological polar surface area (TPSA) is 65.1 Å². The molecule has 1 aromatic rings. The molecule has 2 amide bonds. The second kappa shape index (κ2) is 10.8. The number of anilines is 1. The number of hydrazine groups is 1. The molecule has 166 valence electrons. The lowest BCUT2D eigenvalue weighted by Gasteiger charge is -2.33. The molecule has 2 fully saturated rings. The van der Waals surface area contributed by atoms with E-state index in [9.17, 15) is 9.59 Å². The van der Waals surface area contributed by atoms with Gasteiger partial charge in [-0.3, -0.25) is 14.7 Å². The average Bonchev–Trinajstić information content (AvgIpc) is 3.01. The van der Waals surface area contributed by atoms with Crippen LogP contribution in [-0.2, 0) is 9.53 Å². The Morgan fingerprint density at radius 3 is 2.57 bits per heavy atom. The van der Waals surface area contributed by atoms with Gasteiger partial charge in [0.2, 0.25) is 0 Å². The normalized spacial score (nSPS) is 21.8. The summed E-state index contributed by atoms with van der Waals surface area (Å²) in [7, 11) is 1.44. The van der Waals surface area contributed by atoms with Crippen LogP contribution in [0.5, 0.6) is 0 Å². The van der Waals surface area contributed by atoms with E-state index in [1.807, 2.05) is 47.2 Å². The van der Waals surface area contributed by atoms with Gasteiger partial charge in [-0.2, -0.15) is 5.01 Å². The second-order valence-electron chi connectivity index (χ2n) is 8.36. The molecule has 1 N–H and O–H groups in total. The number of esters is 1. The van der Waals surface area contributed by atoms with E-state index in [4.69, 9.17) is 4.74 Å². The molecule has 2 aliphatic heterocycles. The van der Waals surface area contributed by atoms with E-state index in [0.29, 0.717) is 19.0 Å². The third-order valence-corrected chi connectivity index (χ3v) is 6.36. The first kappa shape index (κ1) is 22.6. The Morgan fingerprint density at radius 2 is 1.93 bits per heavy atom. The third-order valence-electron chi connectivity index (χ3n) is 6.36. The van der Waals surface area contributed by atoms with Gasteiger partial charge in [-0.25, -0.2) is 4.79 Å². The van der Waals surface area contributed by atoms with Crippen molar-refractivity contribution in [2.45, 2.75) is 52.1 Å². The first-order valence-corrected chi connectivity index (χ1v) is 11.3. The molecule has 0 saturated carbocycles. The maximum Gasteiger partial charge on any atom is 0.340 e. The molecule has 7 nitrogen and oxygen atoms in total. The highest BCUT2D eigenvalue weighted by atomic mass is 16.5. The number of nitrogens with one attached hydrogen (secondary N) is 1. The van der Waals surface area contributed by atoms with Crippen LogP contribution in [0.15, 0.2) is 30.3 Å². The van der Waals surface area contributed by atoms with Gasteiger partial charge in [0.25, 0.3) is 0 Å². The monoisotopic (exact) mass is 416 g/mol. The van der Waals surface area contributed by atoms with Crippen LogP contribution in [0.25, 0.3) is 0 Å². The first-order chi connectivity index (χ1) is 14.6. The highest BCUT2D eigenvalue weighted by molar-refractivity contribution is 5.94. The van der Waals surface area contributed by atoms with Crippen LogP contribution in [0.3, 0.4) is 0 Å². The summed E-state index contributed by atoms with van der Waals surface area (Å²) in [6.07, 6.45) is 4.78. The Balaban J connectivity index is 1.80. The molecule has 0 aromatic heterocycles. The quantitative estimate of drug-likeness (QED) is 0.625. The van der Waals surface area contributed by atoms with Crippen molar-refractivity contribution in [1.29, 1.82) is 0 Å². The zero-order chi connectivity index (χ0) is 21.5. The van der Waals surface area contributed by atoms with Crippen molar-refractivity contribution in [1.82, 2.24) is 15.3 Å². The number of hydrogen-bond donors (Lipinski definition) is 1. The Labute approximate surface area is 180 Å². The number of urea groups is 1. The highest BCUT2D eigenvalue weighted by Gasteiger charge is 2.43. The number of carbonyl (C=O) groups is 2. The molecule has 2 aliphatic rings. The van der Waals surface area contributed by atoms with E-state index >= 15 is 0 Å². The van der Waals surface area contributed by atoms with E-state index in [1.54, 1.807) is 0 Å². The van der Waals surface area contributed by atoms with Gasteiger partial charge in [-0.1, -0.05) is 31.5 Å². The number of rotatable bonds is 9. The number of hydrogen-bond acceptors (Lipinski definition) is 5. The molecular formula is C23H36N4O3. The maximum atomic E-state index is 13.5. The summed E-state index contributed by atoms with van der Waals surface area (Å²) in [5.41, 5.74) is 0.884. The molecule has 0 bridgehead atoms. The van der Waals surface area contributed by atoms with Crippen LogP contribution in [-0.4, -0.2) is 61.5 Å². The largest absolute Gasteiger partial charge is 0.469 e. The van der Waals surface area contributed by atoms with Crippen molar-refractivity contribution in [3.8, 4) is 0 Å². The smallest absolute Gasteiger partial charge is 0.340 e. The van der Waals surface area contributed by atoms with Crippen molar-refractivity contribution in [2.24, 2.45) is 11.8 Å². The molecule has 7 heteroatoms. The molecule has 2 unspecified atom stereocenters. The van der Waals surface area contributed by atoms with Crippen LogP contribution in [0.2, 0.25) is 0 Å². The van der Waals surface area contributed by atoms with E-state index in [2.05, 4.69) is 17.2 Å². The Bertz CT molecular complexity index is 693. The molecular weight excluding hydrogens is 380 g/mol. The van der Waals surface area contributed by atoms with Gasteiger partial charge >= 0.3 is 12.0 Å². The minimum atomic E-state index is -0.243. The van der Waals surface area contributed by atoms with Gasteiger partial charge in [0, 0.05) is 18.8 Å². The molecule has 2 atom stereocenters. The fourth-order valence-electron chi connectivity index (χ4n) is 4.62. The number of carbonyl (C=O) groups excluding carboxylic acids is 2. The molecule has 0 spiro atoms. The molecule has 0 aliphatic carbocycles. The predicted molar refractivity (Wildman–Crippen MR) is 118 cm³/mol. The van der Waals surface area contributed by atoms with E-state index in [1.165, 1.54) is 7.11 Å². The Hall–Kier alpha value is -2.12. The third kappa shape index (κ3) is 5.13. The second-order valence-corrected chi connectivity index (χ2v) is 8.36. The fourth-order valence-corrected chi connectivity index (χ4v) is 4.62. The molecule has 2 saturated heterocycles. The highest BCUT2D eigenvalue weighted by Crippen LogP contribution is 2.30. The summed E-state index contributed by atoms with van der Waals surface area (Å²) in [6, 6.07) is 9.77. The summed E-state index contributed by atoms with van der Waals surface area (Å²) < 4.78 is 5.05. The van der Waals surface area contributed by atoms with Gasteiger partial charge in [-0.15, -0.1) is 0 Å². The van der Waals surface area contributed by atoms with Crippen LogP contribution >= 0.6 is 0 Å². The van der Waals surface area contributed by atoms with Crippen molar-refractivity contribution < 1.29 is 14.3 Å². The number of ether oxygens (including phenoxy) is 1. The molecule has 3 rings (SSSR count). The number of nitrogens with zero attached hydrogens (tertiary/aromatic N) is 3. The number of amides is 2. The van der Waals surface area contributed by atoms with Gasteiger partial charge in [-0.05, 0) is 63.7 Å². The summed E-state index contributed by atoms with van der Waals surface area (Å²) in [5.74, 6) is 0.189. The zero-order valence-electron chi connectivity index (χ0n) is 18.5. The molecule has 30 heavy (non-hydrogen) atoms. The minimum absolute atomic E-state index is 0.0113. The Kier molecular flexibility index (Phi) is 8.10. The van der Waals surface area contributed by atoms with Crippen molar-refractivity contribution in [3.05, 3.63) is 30.3 Å². The van der Waals surface area contributed by atoms with E-state index in [-0.39, 0.29) is 24.1 Å². The van der Waals surface area contributed by atoms with Gasteiger partial charge in [0.05, 0.1) is 13.0 Å². The number of para-hydroxylation sites is 1. The summed E-state index contributed by atoms with van der Waals surface area (Å²) in [5, 5.41) is 7.35. The zero-order valence-corrected chi connectivity index (χ0v) is 18.5. The fraction of sp³-hybridized carbons (Fsp3) is 0.652. The lowest BCUT2D eigenvalue weighted by Crippen LogP contribution is -2.46. The standard InChI is InChI=1S/C23H36N4O3/c1-4-8-20(22(28)30-3)17-26-18(2)27(21-9-6-5-7-10-21)23(29)25(26)16-13-19-11-14-24-15-12-19/h5-7,9-10,18-20,24H,4,8,11-17H2,1-3H3. The SMILES string of the molecule is CCCC(CN1C(C)N(c2ccccc2)C(=O)N1CCC1CCNCC1)C(=O)OC. The predicted octanol–water partition coefficient (Wildman–Crippen LogP) is 3.47. The van der Waals surface area contributed by atoms with Crippen LogP contribution < -0.4 is 10.2 Å². The van der Waals surface area contributed by atoms with Crippen LogP contribution in [0.1, 0.15) is 46.0 Å². The summed E-state index contributed by atoms with van der Waals surface area (Å²) in [4.78, 5) is 27.7. The Morgan fingerprint density at radius 1 is 1.23 bits per heavy atom. The summed E-state index contributed by atoms with van der Waals surface area (Å²) in [6.45, 7) is 7.38. The van der Waals surface area contributed by atoms with Crippen LogP contribution in [0, 0.1) is 11.8 Å². The average molecular weight is 417 g/mol. The maximum absolute atomic E-state index is 13.5. The lowest BCUT2D eigenvalue weighted by atomic mass is 9.95. The molecule has 2 heterocycles. The summed E-state index contributed by atoms with van der Waals surface area (Å²) >= 11 is 0. The van der Waals surface area contributed by atoms with Gasteiger partial charge in [0.15, 0.2) is 0 Å². The van der Waals surface area contributed by atoms with Crippen molar-refractivity contribution >= 4 is 17.7 Å². The van der Waals surface area contributed by atoms with E-state index < -0.39 is 0 Å². The van der Waals surface area contributed by atoms with Crippen LogP contribution in [0.4, 0.5) is 10.5 Å². The number of methoxy groups -OCH3 is 1. The number of benzene rings is 1. The lowest BCUT2D eigenvalue weighted by molar-refractivity contribution is -0.148. The minimum Gasteiger partial charge on any atom is -0.469 e. The number of piperidine rings is 1. The van der Waals surface area contributed by atoms with Crippen molar-refractivity contribution in [2.75, 3.05) is 38.2 Å². The van der Waals surface area contributed by atoms with Gasteiger partial charge < -0.3 is 10.1 Å². The first-order valence-electron chi connectivity index (χ1n) is 11.3. The molecule has 1 aromatic carbocycles. The van der Waals surface area contributed by atoms with E-state index in [0.717, 1.165) is 50.9 Å².